The minimum Gasteiger partial charge on any atom is -0.478 e. The van der Waals surface area contributed by atoms with Crippen molar-refractivity contribution in [3.8, 4) is 0 Å². The van der Waals surface area contributed by atoms with E-state index in [4.69, 9.17) is 5.11 Å². The van der Waals surface area contributed by atoms with Crippen molar-refractivity contribution in [3.05, 3.63) is 29.8 Å². The molecule has 112 valence electrons. The van der Waals surface area contributed by atoms with Crippen LogP contribution in [0.5, 0.6) is 0 Å². The Bertz CT molecular complexity index is 446. The summed E-state index contributed by atoms with van der Waals surface area (Å²) in [5.41, 5.74) is -0.468. The average Bonchev–Trinajstić information content (AvgIpc) is 2.47. The molecule has 0 saturated heterocycles. The van der Waals surface area contributed by atoms with Gasteiger partial charge in [-0.25, -0.2) is 4.79 Å². The summed E-state index contributed by atoms with van der Waals surface area (Å²) in [6.07, 6.45) is -0.0588. The average molecular weight is 281 g/mol. The van der Waals surface area contributed by atoms with Crippen LogP contribution >= 0.6 is 0 Å². The molecule has 5 heteroatoms. The van der Waals surface area contributed by atoms with Gasteiger partial charge in [0, 0.05) is 12.2 Å². The summed E-state index contributed by atoms with van der Waals surface area (Å²) in [5.74, 6) is -0.987. The van der Waals surface area contributed by atoms with Crippen LogP contribution in [-0.2, 0) is 0 Å². The van der Waals surface area contributed by atoms with Gasteiger partial charge in [-0.1, -0.05) is 13.8 Å². The number of carbonyl (C=O) groups is 1. The summed E-state index contributed by atoms with van der Waals surface area (Å²) < 4.78 is 0. The number of carboxylic acids is 1. The van der Waals surface area contributed by atoms with Gasteiger partial charge in [0.25, 0.3) is 0 Å². The largest absolute Gasteiger partial charge is 0.478 e. The molecule has 0 aliphatic heterocycles. The van der Waals surface area contributed by atoms with Crippen molar-refractivity contribution >= 4 is 11.7 Å². The Morgan fingerprint density at radius 2 is 1.80 bits per heavy atom. The van der Waals surface area contributed by atoms with E-state index in [0.717, 1.165) is 0 Å². The van der Waals surface area contributed by atoms with Gasteiger partial charge in [-0.15, -0.1) is 0 Å². The predicted molar refractivity (Wildman–Crippen MR) is 78.0 cm³/mol. The topological polar surface area (TPSA) is 81.0 Å². The van der Waals surface area contributed by atoms with Crippen LogP contribution in [-0.4, -0.2) is 39.7 Å². The number of rotatable bonds is 7. The second-order valence-electron chi connectivity index (χ2n) is 4.75. The highest BCUT2D eigenvalue weighted by Gasteiger charge is 2.38. The monoisotopic (exact) mass is 281 g/mol. The smallest absolute Gasteiger partial charge is 0.335 e. The van der Waals surface area contributed by atoms with E-state index in [1.165, 1.54) is 12.1 Å². The van der Waals surface area contributed by atoms with Gasteiger partial charge < -0.3 is 20.2 Å². The van der Waals surface area contributed by atoms with Crippen LogP contribution in [0.2, 0.25) is 0 Å². The van der Waals surface area contributed by atoms with Crippen molar-refractivity contribution in [2.24, 2.45) is 0 Å². The maximum atomic E-state index is 10.9. The number of anilines is 1. The lowest BCUT2D eigenvalue weighted by molar-refractivity contribution is -0.0794. The Labute approximate surface area is 119 Å². The van der Waals surface area contributed by atoms with Gasteiger partial charge in [0.05, 0.1) is 5.56 Å². The van der Waals surface area contributed by atoms with Gasteiger partial charge in [0.15, 0.2) is 5.72 Å². The van der Waals surface area contributed by atoms with Gasteiger partial charge in [-0.05, 0) is 44.0 Å². The Balaban J connectivity index is 3.14. The summed E-state index contributed by atoms with van der Waals surface area (Å²) in [6, 6.07) is 6.29. The summed E-state index contributed by atoms with van der Waals surface area (Å²) in [4.78, 5) is 12.6. The summed E-state index contributed by atoms with van der Waals surface area (Å²) in [6.45, 7) is 6.02. The molecule has 0 saturated carbocycles. The third-order valence-corrected chi connectivity index (χ3v) is 3.65. The third-order valence-electron chi connectivity index (χ3n) is 3.65. The number of aliphatic hydroxyl groups excluding tert-OH is 1. The second-order valence-corrected chi connectivity index (χ2v) is 4.75. The molecule has 0 bridgehead atoms. The Morgan fingerprint density at radius 3 is 2.15 bits per heavy atom. The molecule has 2 unspecified atom stereocenters. The minimum atomic E-state index is -1.35. The van der Waals surface area contributed by atoms with E-state index in [9.17, 15) is 15.0 Å². The first-order valence-electron chi connectivity index (χ1n) is 6.92. The van der Waals surface area contributed by atoms with Crippen LogP contribution in [0, 0.1) is 0 Å². The number of likely N-dealkylation sites (N-methyl/N-ethyl adjacent to an activating group) is 1. The fourth-order valence-corrected chi connectivity index (χ4v) is 2.40. The second kappa shape index (κ2) is 6.72. The standard InChI is InChI=1S/C15H23NO4/c1-4-13(17)15(20,5-2)16(6-3)12-9-7-11(8-10-12)14(18)19/h7-10,13,17,20H,4-6H2,1-3H3,(H,18,19). The Hall–Kier alpha value is -1.59. The Kier molecular flexibility index (Phi) is 5.53. The SMILES string of the molecule is CCC(O)C(O)(CC)N(CC)c1ccc(C(=O)O)cc1. The van der Waals surface area contributed by atoms with Crippen LogP contribution in [0.3, 0.4) is 0 Å². The highest BCUT2D eigenvalue weighted by atomic mass is 16.4. The van der Waals surface area contributed by atoms with E-state index >= 15 is 0 Å². The van der Waals surface area contributed by atoms with Crippen molar-refractivity contribution in [3.63, 3.8) is 0 Å². The molecule has 2 atom stereocenters. The van der Waals surface area contributed by atoms with E-state index in [0.29, 0.717) is 25.1 Å². The molecule has 0 heterocycles. The first-order valence-corrected chi connectivity index (χ1v) is 6.92. The molecule has 0 radical (unpaired) electrons. The lowest BCUT2D eigenvalue weighted by Gasteiger charge is -2.43. The quantitative estimate of drug-likeness (QED) is 0.667. The maximum absolute atomic E-state index is 10.9. The summed E-state index contributed by atoms with van der Waals surface area (Å²) in [7, 11) is 0. The molecule has 3 N–H and O–H groups in total. The van der Waals surface area contributed by atoms with Crippen molar-refractivity contribution in [2.75, 3.05) is 11.4 Å². The molecule has 0 aliphatic carbocycles. The third kappa shape index (κ3) is 3.11. The first kappa shape index (κ1) is 16.5. The zero-order chi connectivity index (χ0) is 15.3. The fourth-order valence-electron chi connectivity index (χ4n) is 2.40. The highest BCUT2D eigenvalue weighted by molar-refractivity contribution is 5.88. The zero-order valence-electron chi connectivity index (χ0n) is 12.2. The van der Waals surface area contributed by atoms with E-state index in [1.54, 1.807) is 17.0 Å². The maximum Gasteiger partial charge on any atom is 0.335 e. The number of benzene rings is 1. The molecular weight excluding hydrogens is 258 g/mol. The normalized spacial score (nSPS) is 15.4. The van der Waals surface area contributed by atoms with Crippen LogP contribution in [0.1, 0.15) is 44.0 Å². The van der Waals surface area contributed by atoms with E-state index in [-0.39, 0.29) is 5.56 Å². The van der Waals surface area contributed by atoms with Gasteiger partial charge in [-0.3, -0.25) is 0 Å². The van der Waals surface area contributed by atoms with Crippen LogP contribution in [0.4, 0.5) is 5.69 Å². The van der Waals surface area contributed by atoms with Crippen LogP contribution in [0.25, 0.3) is 0 Å². The van der Waals surface area contributed by atoms with E-state index < -0.39 is 17.8 Å². The van der Waals surface area contributed by atoms with Crippen LogP contribution < -0.4 is 4.90 Å². The van der Waals surface area contributed by atoms with Crippen molar-refractivity contribution < 1.29 is 20.1 Å². The lowest BCUT2D eigenvalue weighted by atomic mass is 9.98. The van der Waals surface area contributed by atoms with E-state index in [2.05, 4.69) is 0 Å². The Morgan fingerprint density at radius 1 is 1.25 bits per heavy atom. The summed E-state index contributed by atoms with van der Waals surface area (Å²) >= 11 is 0. The molecule has 20 heavy (non-hydrogen) atoms. The van der Waals surface area contributed by atoms with Crippen molar-refractivity contribution in [2.45, 2.75) is 45.4 Å². The van der Waals surface area contributed by atoms with Gasteiger partial charge in [0.1, 0.15) is 6.10 Å². The first-order chi connectivity index (χ1) is 9.40. The van der Waals surface area contributed by atoms with Gasteiger partial charge in [-0.2, -0.15) is 0 Å². The van der Waals surface area contributed by atoms with Crippen molar-refractivity contribution in [1.29, 1.82) is 0 Å². The molecule has 5 nitrogen and oxygen atoms in total. The number of carboxylic acid groups (broad SMARTS) is 1. The van der Waals surface area contributed by atoms with Crippen molar-refractivity contribution in [1.82, 2.24) is 0 Å². The molecule has 0 spiro atoms. The molecule has 0 aromatic heterocycles. The molecule has 0 amide bonds. The number of hydrogen-bond donors (Lipinski definition) is 3. The van der Waals surface area contributed by atoms with Crippen LogP contribution in [0.15, 0.2) is 24.3 Å². The molecule has 1 aromatic rings. The molecule has 1 aromatic carbocycles. The van der Waals surface area contributed by atoms with Gasteiger partial charge in [0.2, 0.25) is 0 Å². The number of aromatic carboxylic acids is 1. The van der Waals surface area contributed by atoms with Gasteiger partial charge >= 0.3 is 5.97 Å². The van der Waals surface area contributed by atoms with E-state index in [1.807, 2.05) is 20.8 Å². The summed E-state index contributed by atoms with van der Waals surface area (Å²) in [5, 5.41) is 29.7. The lowest BCUT2D eigenvalue weighted by Crippen LogP contribution is -2.56. The minimum absolute atomic E-state index is 0.195. The molecule has 1 rings (SSSR count). The molecule has 0 aliphatic rings. The molecule has 0 fully saturated rings. The number of hydrogen-bond acceptors (Lipinski definition) is 4. The molecular formula is C15H23NO4. The highest BCUT2D eigenvalue weighted by Crippen LogP contribution is 2.29. The fraction of sp³-hybridized carbons (Fsp3) is 0.533. The zero-order valence-corrected chi connectivity index (χ0v) is 12.2. The number of nitrogens with zero attached hydrogens (tertiary/aromatic N) is 1. The number of aliphatic hydroxyl groups is 2. The predicted octanol–water partition coefficient (Wildman–Crippen LogP) is 2.08.